The van der Waals surface area contributed by atoms with Crippen molar-refractivity contribution in [1.29, 1.82) is 0 Å². The van der Waals surface area contributed by atoms with Crippen LogP contribution in [0, 0.1) is 23.2 Å². The van der Waals surface area contributed by atoms with Gasteiger partial charge in [-0.15, -0.1) is 0 Å². The summed E-state index contributed by atoms with van der Waals surface area (Å²) in [5, 5.41) is 9.97. The average Bonchev–Trinajstić information content (AvgIpc) is 2.46. The fraction of sp³-hybridized carbons (Fsp3) is 0.556. The maximum Gasteiger partial charge on any atom is 0.0893 e. The minimum Gasteiger partial charge on any atom is -0.396 e. The molecule has 0 aromatic heterocycles. The molecular weight excluding hydrogens is 248 g/mol. The van der Waals surface area contributed by atoms with Gasteiger partial charge in [0.15, 0.2) is 0 Å². The van der Waals surface area contributed by atoms with Gasteiger partial charge >= 0.3 is 0 Å². The third kappa shape index (κ3) is 1.86. The minimum absolute atomic E-state index is 0.116. The van der Waals surface area contributed by atoms with Crippen molar-refractivity contribution >= 4 is 0 Å². The monoisotopic (exact) mass is 272 g/mol. The first-order valence-corrected chi connectivity index (χ1v) is 7.56. The van der Waals surface area contributed by atoms with Gasteiger partial charge in [0, 0.05) is 11.3 Å². The van der Waals surface area contributed by atoms with Gasteiger partial charge in [-0.3, -0.25) is 0 Å². The van der Waals surface area contributed by atoms with Crippen molar-refractivity contribution < 1.29 is 9.84 Å². The predicted molar refractivity (Wildman–Crippen MR) is 80.2 cm³/mol. The molecule has 1 N–H and O–H groups in total. The van der Waals surface area contributed by atoms with Crippen molar-refractivity contribution in [3.63, 3.8) is 0 Å². The summed E-state index contributed by atoms with van der Waals surface area (Å²) in [4.78, 5) is 0. The summed E-state index contributed by atoms with van der Waals surface area (Å²) in [6.07, 6.45) is 2.47. The third-order valence-corrected chi connectivity index (χ3v) is 5.67. The van der Waals surface area contributed by atoms with Crippen LogP contribution in [0.15, 0.2) is 42.0 Å². The van der Waals surface area contributed by atoms with Crippen LogP contribution in [0.25, 0.3) is 0 Å². The summed E-state index contributed by atoms with van der Waals surface area (Å²) < 4.78 is 6.24. The minimum atomic E-state index is -0.116. The Morgan fingerprint density at radius 3 is 2.60 bits per heavy atom. The summed E-state index contributed by atoms with van der Waals surface area (Å²) in [6, 6.07) is 10.5. The fourth-order valence-corrected chi connectivity index (χ4v) is 4.23. The molecule has 3 rings (SSSR count). The molecule has 0 radical (unpaired) electrons. The lowest BCUT2D eigenvalue weighted by atomic mass is 9.56. The van der Waals surface area contributed by atoms with Gasteiger partial charge in [-0.1, -0.05) is 55.8 Å². The number of aliphatic hydroxyl groups excluding tert-OH is 1. The highest BCUT2D eigenvalue weighted by Crippen LogP contribution is 2.55. The van der Waals surface area contributed by atoms with Crippen LogP contribution in [-0.4, -0.2) is 18.3 Å². The maximum absolute atomic E-state index is 9.97. The molecule has 2 aliphatic rings. The van der Waals surface area contributed by atoms with Gasteiger partial charge in [0.2, 0.25) is 0 Å². The van der Waals surface area contributed by atoms with Gasteiger partial charge in [0.1, 0.15) is 0 Å². The van der Waals surface area contributed by atoms with E-state index in [0.717, 1.165) is 0 Å². The molecule has 1 fully saturated rings. The van der Waals surface area contributed by atoms with Crippen molar-refractivity contribution in [2.45, 2.75) is 26.9 Å². The second-order valence-corrected chi connectivity index (χ2v) is 6.55. The highest BCUT2D eigenvalue weighted by Gasteiger charge is 2.53. The zero-order valence-electron chi connectivity index (χ0n) is 12.5. The zero-order valence-corrected chi connectivity index (χ0v) is 12.5. The van der Waals surface area contributed by atoms with Crippen molar-refractivity contribution in [3.8, 4) is 0 Å². The second-order valence-electron chi connectivity index (χ2n) is 6.55. The lowest BCUT2D eigenvalue weighted by Gasteiger charge is -2.55. The van der Waals surface area contributed by atoms with Gasteiger partial charge in [-0.2, -0.15) is 0 Å². The Bertz CT molecular complexity index is 507. The van der Waals surface area contributed by atoms with E-state index in [1.807, 2.05) is 6.07 Å². The summed E-state index contributed by atoms with van der Waals surface area (Å²) in [7, 11) is 0. The van der Waals surface area contributed by atoms with Crippen LogP contribution in [0.4, 0.5) is 0 Å². The Hall–Kier alpha value is -1.12. The average molecular weight is 272 g/mol. The standard InChI is InChI=1S/C18H24O2/c1-12-9-13(2)18(10-19)11-20-17(16(12)14(18)3)15-7-5-4-6-8-15/h4-9,13-14,16-17,19H,10-11H2,1-3H3/t13-,14-,16-,17-,18+/m0/s1. The summed E-state index contributed by atoms with van der Waals surface area (Å²) >= 11 is 0. The Kier molecular flexibility index (Phi) is 3.47. The molecule has 1 saturated heterocycles. The molecule has 2 bridgehead atoms. The molecule has 1 aromatic rings. The third-order valence-electron chi connectivity index (χ3n) is 5.67. The Morgan fingerprint density at radius 1 is 1.25 bits per heavy atom. The summed E-state index contributed by atoms with van der Waals surface area (Å²) in [5.41, 5.74) is 2.54. The number of fused-ring (bicyclic) bond motifs is 2. The van der Waals surface area contributed by atoms with Crippen molar-refractivity contribution in [2.75, 3.05) is 13.2 Å². The van der Waals surface area contributed by atoms with Crippen LogP contribution in [0.2, 0.25) is 0 Å². The van der Waals surface area contributed by atoms with Gasteiger partial charge in [0.05, 0.1) is 19.3 Å². The SMILES string of the molecule is CC1=C[C@H](C)[C@@]2(CO)CO[C@@H](c3ccccc3)[C@@H]1[C@@H]2C. The summed E-state index contributed by atoms with van der Waals surface area (Å²) in [6.45, 7) is 7.55. The Labute approximate surface area is 121 Å². The molecule has 0 amide bonds. The molecule has 1 aromatic carbocycles. The molecule has 0 saturated carbocycles. The molecule has 2 nitrogen and oxygen atoms in total. The lowest BCUT2D eigenvalue weighted by molar-refractivity contribution is -0.165. The van der Waals surface area contributed by atoms with E-state index in [2.05, 4.69) is 51.1 Å². The van der Waals surface area contributed by atoms with E-state index in [0.29, 0.717) is 24.4 Å². The number of benzene rings is 1. The van der Waals surface area contributed by atoms with E-state index >= 15 is 0 Å². The van der Waals surface area contributed by atoms with E-state index in [-0.39, 0.29) is 18.1 Å². The van der Waals surface area contributed by atoms with Crippen LogP contribution in [0.5, 0.6) is 0 Å². The number of rotatable bonds is 2. The van der Waals surface area contributed by atoms with Crippen LogP contribution in [-0.2, 0) is 4.74 Å². The van der Waals surface area contributed by atoms with Crippen LogP contribution in [0.1, 0.15) is 32.4 Å². The quantitative estimate of drug-likeness (QED) is 0.834. The zero-order chi connectivity index (χ0) is 14.3. The first kappa shape index (κ1) is 13.8. The molecule has 1 aliphatic carbocycles. The van der Waals surface area contributed by atoms with Crippen LogP contribution in [0.3, 0.4) is 0 Å². The smallest absolute Gasteiger partial charge is 0.0893 e. The molecule has 2 heteroatoms. The molecule has 0 spiro atoms. The second kappa shape index (κ2) is 5.01. The van der Waals surface area contributed by atoms with E-state index in [1.54, 1.807) is 0 Å². The largest absolute Gasteiger partial charge is 0.396 e. The van der Waals surface area contributed by atoms with E-state index in [4.69, 9.17) is 4.74 Å². The van der Waals surface area contributed by atoms with Crippen molar-refractivity contribution in [2.24, 2.45) is 23.2 Å². The normalized spacial score (nSPS) is 40.3. The van der Waals surface area contributed by atoms with E-state index in [9.17, 15) is 5.11 Å². The number of allylic oxidation sites excluding steroid dienone is 1. The maximum atomic E-state index is 9.97. The van der Waals surface area contributed by atoms with Gasteiger partial charge < -0.3 is 9.84 Å². The Balaban J connectivity index is 2.02. The number of hydrogen-bond donors (Lipinski definition) is 1. The molecule has 108 valence electrons. The number of ether oxygens (including phenoxy) is 1. The van der Waals surface area contributed by atoms with Gasteiger partial charge in [-0.25, -0.2) is 0 Å². The Morgan fingerprint density at radius 2 is 1.95 bits per heavy atom. The number of aliphatic hydroxyl groups is 1. The van der Waals surface area contributed by atoms with Crippen LogP contribution < -0.4 is 0 Å². The van der Waals surface area contributed by atoms with Gasteiger partial charge in [-0.05, 0) is 24.3 Å². The predicted octanol–water partition coefficient (Wildman–Crippen LogP) is 3.58. The summed E-state index contributed by atoms with van der Waals surface area (Å²) in [5.74, 6) is 1.18. The molecule has 1 heterocycles. The van der Waals surface area contributed by atoms with E-state index < -0.39 is 0 Å². The molecule has 5 atom stereocenters. The van der Waals surface area contributed by atoms with Crippen LogP contribution >= 0.6 is 0 Å². The lowest BCUT2D eigenvalue weighted by Crippen LogP contribution is -2.53. The first-order valence-electron chi connectivity index (χ1n) is 7.56. The first-order chi connectivity index (χ1) is 9.60. The number of hydrogen-bond acceptors (Lipinski definition) is 2. The molecular formula is C18H24O2. The molecule has 20 heavy (non-hydrogen) atoms. The topological polar surface area (TPSA) is 29.5 Å². The van der Waals surface area contributed by atoms with Crippen molar-refractivity contribution in [3.05, 3.63) is 47.5 Å². The molecule has 0 unspecified atom stereocenters. The van der Waals surface area contributed by atoms with E-state index in [1.165, 1.54) is 11.1 Å². The highest BCUT2D eigenvalue weighted by atomic mass is 16.5. The molecule has 1 aliphatic heterocycles. The highest BCUT2D eigenvalue weighted by molar-refractivity contribution is 5.27. The van der Waals surface area contributed by atoms with Gasteiger partial charge in [0.25, 0.3) is 0 Å². The van der Waals surface area contributed by atoms with Crippen molar-refractivity contribution in [1.82, 2.24) is 0 Å². The fourth-order valence-electron chi connectivity index (χ4n) is 4.23.